The van der Waals surface area contributed by atoms with Crippen molar-refractivity contribution in [1.82, 2.24) is 52.5 Å². The number of carbonyl (C=O) groups is 10. The number of phenols is 1. The topological polar surface area (TPSA) is 499 Å². The number of phenolic OH excluding ortho intramolecular Hbond substituents is 1. The molecule has 82 heavy (non-hydrogen) atoms. The Morgan fingerprint density at radius 3 is 1.56 bits per heavy atom. The van der Waals surface area contributed by atoms with Crippen LogP contribution in [0, 0.1) is 5.92 Å². The van der Waals surface area contributed by atoms with Gasteiger partial charge in [-0.05, 0) is 126 Å². The van der Waals surface area contributed by atoms with E-state index < -0.39 is 120 Å². The molecular weight excluding hydrogens is 1090 g/mol. The second-order valence-corrected chi connectivity index (χ2v) is 21.1. The van der Waals surface area contributed by atoms with E-state index in [1.807, 2.05) is 0 Å². The highest BCUT2D eigenvalue weighted by molar-refractivity contribution is 7.98. The predicted octanol–water partition coefficient (Wildman–Crippen LogP) is -2.81. The van der Waals surface area contributed by atoms with Gasteiger partial charge >= 0.3 is 11.9 Å². The van der Waals surface area contributed by atoms with Gasteiger partial charge in [-0.1, -0.05) is 26.0 Å². The molecule has 2 aromatic rings. The summed E-state index contributed by atoms with van der Waals surface area (Å²) in [6.07, 6.45) is 5.62. The van der Waals surface area contributed by atoms with Crippen LogP contribution in [-0.4, -0.2) is 176 Å². The third kappa shape index (κ3) is 27.7. The van der Waals surface area contributed by atoms with Crippen molar-refractivity contribution in [3.63, 3.8) is 0 Å². The SMILES string of the molecule is CSCCC(NC(=O)C(CCCCN)NC(=O)C(CCCN=C(N)N)NC(=O)C(Cc1ccc(O)cc1)NC(=O)C(CC(C)C)NC(=O)C(C)NC(=O)C(Cc1cnc[nH]1)NC(=O)C(CCCCN)NC(=O)C(N)CCC(=O)O)C(=O)O. The number of guanidine groups is 1. The maximum absolute atomic E-state index is 14.5. The fraction of sp³-hybridized carbons (Fsp3) is 0.615. The van der Waals surface area contributed by atoms with Gasteiger partial charge < -0.3 is 91.5 Å². The highest BCUT2D eigenvalue weighted by Crippen LogP contribution is 2.15. The van der Waals surface area contributed by atoms with E-state index in [0.717, 1.165) is 0 Å². The van der Waals surface area contributed by atoms with Crippen molar-refractivity contribution in [3.8, 4) is 5.75 Å². The number of aliphatic carboxylic acids is 2. The van der Waals surface area contributed by atoms with Crippen molar-refractivity contribution < 1.29 is 63.3 Å². The molecule has 0 bridgehead atoms. The first-order valence-electron chi connectivity index (χ1n) is 27.2. The smallest absolute Gasteiger partial charge is 0.326 e. The number of nitrogens with two attached hydrogens (primary N) is 5. The lowest BCUT2D eigenvalue weighted by Crippen LogP contribution is -2.60. The summed E-state index contributed by atoms with van der Waals surface area (Å²) in [4.78, 5) is 146. The minimum Gasteiger partial charge on any atom is -0.508 e. The molecule has 30 heteroatoms. The number of aromatic hydroxyl groups is 1. The van der Waals surface area contributed by atoms with Crippen LogP contribution in [0.25, 0.3) is 0 Å². The molecule has 0 saturated heterocycles. The van der Waals surface area contributed by atoms with Gasteiger partial charge in [-0.15, -0.1) is 0 Å². The Kier molecular flexibility index (Phi) is 32.9. The molecule has 9 unspecified atom stereocenters. The van der Waals surface area contributed by atoms with Crippen LogP contribution in [-0.2, 0) is 60.8 Å². The van der Waals surface area contributed by atoms with Gasteiger partial charge in [-0.25, -0.2) is 9.78 Å². The van der Waals surface area contributed by atoms with Gasteiger partial charge in [0.05, 0.1) is 12.4 Å². The number of carbonyl (C=O) groups excluding carboxylic acids is 8. The van der Waals surface area contributed by atoms with Crippen LogP contribution in [0.15, 0.2) is 41.8 Å². The summed E-state index contributed by atoms with van der Waals surface area (Å²) in [5.41, 5.74) is 29.2. The third-order valence-corrected chi connectivity index (χ3v) is 13.3. The molecule has 8 amide bonds. The van der Waals surface area contributed by atoms with E-state index in [9.17, 15) is 58.2 Å². The molecule has 1 heterocycles. The van der Waals surface area contributed by atoms with Gasteiger partial charge in [-0.3, -0.25) is 48.1 Å². The Hall–Kier alpha value is -7.57. The molecule has 0 aliphatic carbocycles. The van der Waals surface area contributed by atoms with Gasteiger partial charge in [0.15, 0.2) is 5.96 Å². The number of aromatic nitrogens is 2. The lowest BCUT2D eigenvalue weighted by Gasteiger charge is -2.28. The Labute approximate surface area is 481 Å². The van der Waals surface area contributed by atoms with Crippen LogP contribution in [0.5, 0.6) is 5.75 Å². The quantitative estimate of drug-likeness (QED) is 0.0181. The summed E-state index contributed by atoms with van der Waals surface area (Å²) in [5, 5.41) is 49.9. The van der Waals surface area contributed by atoms with E-state index in [0.29, 0.717) is 42.7 Å². The van der Waals surface area contributed by atoms with Crippen LogP contribution >= 0.6 is 11.8 Å². The second-order valence-electron chi connectivity index (χ2n) is 20.1. The highest BCUT2D eigenvalue weighted by Gasteiger charge is 2.35. The Bertz CT molecular complexity index is 2400. The molecule has 0 aliphatic heterocycles. The monoisotopic (exact) mass is 1170 g/mol. The number of aromatic amines is 1. The van der Waals surface area contributed by atoms with Gasteiger partial charge in [-0.2, -0.15) is 11.8 Å². The van der Waals surface area contributed by atoms with Crippen molar-refractivity contribution in [2.75, 3.05) is 31.6 Å². The number of thioether (sulfide) groups is 1. The first kappa shape index (κ1) is 70.5. The van der Waals surface area contributed by atoms with Crippen molar-refractivity contribution in [3.05, 3.63) is 48.0 Å². The number of carboxylic acids is 2. The predicted molar refractivity (Wildman–Crippen MR) is 306 cm³/mol. The van der Waals surface area contributed by atoms with Gasteiger partial charge in [0.2, 0.25) is 47.3 Å². The number of unbranched alkanes of at least 4 members (excludes halogenated alkanes) is 2. The maximum Gasteiger partial charge on any atom is 0.326 e. The molecule has 0 spiro atoms. The molecule has 29 nitrogen and oxygen atoms in total. The lowest BCUT2D eigenvalue weighted by molar-refractivity contribution is -0.142. The fourth-order valence-electron chi connectivity index (χ4n) is 8.12. The number of carboxylic acid groups (broad SMARTS) is 2. The van der Waals surface area contributed by atoms with E-state index >= 15 is 0 Å². The Morgan fingerprint density at radius 1 is 0.598 bits per heavy atom. The molecule has 9 atom stereocenters. The number of hydrogen-bond donors (Lipinski definition) is 17. The van der Waals surface area contributed by atoms with Crippen LogP contribution in [0.3, 0.4) is 0 Å². The van der Waals surface area contributed by atoms with E-state index in [4.69, 9.17) is 33.8 Å². The first-order chi connectivity index (χ1) is 38.9. The van der Waals surface area contributed by atoms with Crippen molar-refractivity contribution in [1.29, 1.82) is 0 Å². The molecule has 22 N–H and O–H groups in total. The summed E-state index contributed by atoms with van der Waals surface area (Å²) in [5.74, 6) is -9.15. The van der Waals surface area contributed by atoms with Crippen molar-refractivity contribution >= 4 is 76.9 Å². The number of benzene rings is 1. The van der Waals surface area contributed by atoms with Crippen molar-refractivity contribution in [2.45, 2.75) is 165 Å². The normalized spacial score (nSPS) is 14.4. The number of nitrogens with zero attached hydrogens (tertiary/aromatic N) is 2. The number of amides is 8. The van der Waals surface area contributed by atoms with E-state index in [1.165, 1.54) is 55.5 Å². The molecule has 0 aliphatic rings. The van der Waals surface area contributed by atoms with Crippen LogP contribution < -0.4 is 71.2 Å². The van der Waals surface area contributed by atoms with Crippen molar-refractivity contribution in [2.24, 2.45) is 39.6 Å². The standard InChI is InChI=1S/C52H86N16O13S/c1-29(2)24-39(66-43(72)30(3)61-48(77)41(26-32-27-58-28-60-32)68-47(76)35(10-5-7-20-53)62-44(73)34(55)17-18-42(70)71)49(78)67-40(25-31-13-15-33(69)16-14-31)50(79)64-37(12-9-22-59-52(56)57)45(74)63-36(11-6-8-21-54)46(75)65-38(51(80)81)19-23-82-4/h13-16,27-30,34-41,69H,5-12,17-26,53-55H2,1-4H3,(H,58,60)(H,61,77)(H,62,73)(H,63,74)(H,64,79)(H,65,75)(H,66,72)(H,67,78)(H,68,76)(H,70,71)(H,80,81)(H4,56,57,59). The fourth-order valence-corrected chi connectivity index (χ4v) is 8.59. The number of nitrogens with one attached hydrogen (secondary N) is 9. The molecule has 1 aromatic heterocycles. The van der Waals surface area contributed by atoms with Gasteiger partial charge in [0.1, 0.15) is 54.1 Å². The van der Waals surface area contributed by atoms with Crippen LogP contribution in [0.2, 0.25) is 0 Å². The molecule has 2 rings (SSSR count). The van der Waals surface area contributed by atoms with E-state index in [2.05, 4.69) is 57.5 Å². The number of aliphatic imine (C=N–C) groups is 1. The number of imidazole rings is 1. The molecule has 0 radical (unpaired) electrons. The zero-order valence-corrected chi connectivity index (χ0v) is 47.9. The molecule has 0 saturated carbocycles. The highest BCUT2D eigenvalue weighted by atomic mass is 32.2. The molecule has 1 aromatic carbocycles. The average Bonchev–Trinajstić information content (AvgIpc) is 3.99. The molecule has 458 valence electrons. The van der Waals surface area contributed by atoms with E-state index in [-0.39, 0.29) is 95.0 Å². The average molecular weight is 1180 g/mol. The van der Waals surface area contributed by atoms with Crippen LogP contribution in [0.4, 0.5) is 0 Å². The minimum atomic E-state index is -1.46. The molecule has 0 fully saturated rings. The summed E-state index contributed by atoms with van der Waals surface area (Å²) in [6.45, 7) is 5.48. The zero-order valence-electron chi connectivity index (χ0n) is 47.1. The summed E-state index contributed by atoms with van der Waals surface area (Å²) >= 11 is 1.39. The van der Waals surface area contributed by atoms with E-state index in [1.54, 1.807) is 20.1 Å². The number of rotatable bonds is 41. The summed E-state index contributed by atoms with van der Waals surface area (Å²) in [7, 11) is 0. The molecular formula is C52H86N16O13S. The maximum atomic E-state index is 14.5. The number of H-pyrrole nitrogens is 1. The van der Waals surface area contributed by atoms with Gasteiger partial charge in [0, 0.05) is 37.7 Å². The number of hydrogen-bond acceptors (Lipinski definition) is 17. The largest absolute Gasteiger partial charge is 0.508 e. The Morgan fingerprint density at radius 2 is 1.07 bits per heavy atom. The second kappa shape index (κ2) is 38.2. The zero-order chi connectivity index (χ0) is 61.3. The van der Waals surface area contributed by atoms with Gasteiger partial charge in [0.25, 0.3) is 0 Å². The minimum absolute atomic E-state index is 0.0188. The summed E-state index contributed by atoms with van der Waals surface area (Å²) < 4.78 is 0. The lowest BCUT2D eigenvalue weighted by atomic mass is 10.00. The Balaban J connectivity index is 2.47. The third-order valence-electron chi connectivity index (χ3n) is 12.7. The van der Waals surface area contributed by atoms with Crippen LogP contribution in [0.1, 0.15) is 109 Å². The first-order valence-corrected chi connectivity index (χ1v) is 28.6. The summed E-state index contributed by atoms with van der Waals surface area (Å²) in [6, 6.07) is -6.15.